The molecule has 17 heteroatoms. The van der Waals surface area contributed by atoms with Crippen molar-refractivity contribution in [3.05, 3.63) is 102 Å². The largest absolute Gasteiger partial charge is 0.508 e. The first-order chi connectivity index (χ1) is 30.3. The number of aromatic hydroxyl groups is 1. The fraction of sp³-hybridized carbons (Fsp3) is 0.413. The van der Waals surface area contributed by atoms with Crippen molar-refractivity contribution < 1.29 is 33.9 Å². The molecule has 5 rings (SSSR count). The summed E-state index contributed by atoms with van der Waals surface area (Å²) < 4.78 is 0. The maximum atomic E-state index is 14.7. The van der Waals surface area contributed by atoms with Gasteiger partial charge in [-0.25, -0.2) is 0 Å². The lowest BCUT2D eigenvalue weighted by Crippen LogP contribution is -2.64. The molecule has 1 aliphatic carbocycles. The van der Waals surface area contributed by atoms with Gasteiger partial charge in [-0.1, -0.05) is 74.0 Å². The molecule has 17 nitrogen and oxygen atoms in total. The summed E-state index contributed by atoms with van der Waals surface area (Å²) >= 11 is 0. The molecule has 0 aliphatic heterocycles. The van der Waals surface area contributed by atoms with Crippen LogP contribution in [-0.4, -0.2) is 88.2 Å². The van der Waals surface area contributed by atoms with Gasteiger partial charge >= 0.3 is 0 Å². The summed E-state index contributed by atoms with van der Waals surface area (Å²) in [6.07, 6.45) is 5.49. The van der Waals surface area contributed by atoms with Gasteiger partial charge in [0.2, 0.25) is 35.4 Å². The molecule has 336 valence electrons. The number of H-pyrrole nitrogens is 1. The van der Waals surface area contributed by atoms with E-state index in [1.54, 1.807) is 18.3 Å². The predicted octanol–water partition coefficient (Wildman–Crippen LogP) is 2.38. The number of carbonyl (C=O) groups is 6. The molecule has 0 bridgehead atoms. The fourth-order valence-electron chi connectivity index (χ4n) is 7.99. The number of unbranched alkanes of at least 4 members (excludes halogenated alkanes) is 1. The Balaban J connectivity index is 1.41. The number of hydrogen-bond donors (Lipinski definition) is 11. The lowest BCUT2D eigenvalue weighted by molar-refractivity contribution is -0.138. The highest BCUT2D eigenvalue weighted by Crippen LogP contribution is 2.39. The highest BCUT2D eigenvalue weighted by molar-refractivity contribution is 5.98. The second-order valence-electron chi connectivity index (χ2n) is 16.2. The number of aromatic nitrogens is 1. The number of phenols is 1. The molecule has 3 atom stereocenters. The molecule has 0 spiro atoms. The van der Waals surface area contributed by atoms with E-state index in [1.165, 1.54) is 0 Å². The Bertz CT molecular complexity index is 2200. The van der Waals surface area contributed by atoms with E-state index in [0.717, 1.165) is 34.0 Å². The number of aromatic amines is 1. The van der Waals surface area contributed by atoms with E-state index in [-0.39, 0.29) is 62.2 Å². The zero-order valence-corrected chi connectivity index (χ0v) is 35.6. The number of hydrogen-bond acceptors (Lipinski definition) is 8. The molecule has 1 aliphatic rings. The van der Waals surface area contributed by atoms with Gasteiger partial charge in [-0.2, -0.15) is 0 Å². The first kappa shape index (κ1) is 47.1. The van der Waals surface area contributed by atoms with Crippen molar-refractivity contribution >= 4 is 52.3 Å². The van der Waals surface area contributed by atoms with Crippen LogP contribution in [0.15, 0.2) is 85.1 Å². The van der Waals surface area contributed by atoms with E-state index < -0.39 is 59.7 Å². The molecule has 0 unspecified atom stereocenters. The quantitative estimate of drug-likeness (QED) is 0.0314. The van der Waals surface area contributed by atoms with Crippen LogP contribution in [0.3, 0.4) is 0 Å². The minimum Gasteiger partial charge on any atom is -0.508 e. The van der Waals surface area contributed by atoms with Crippen LogP contribution in [-0.2, 0) is 41.6 Å². The Labute approximate surface area is 366 Å². The summed E-state index contributed by atoms with van der Waals surface area (Å²) in [6.45, 7) is 1.71. The summed E-state index contributed by atoms with van der Waals surface area (Å²) in [5.74, 6) is -3.66. The van der Waals surface area contributed by atoms with Crippen molar-refractivity contribution in [2.75, 3.05) is 13.1 Å². The van der Waals surface area contributed by atoms with Gasteiger partial charge in [0, 0.05) is 42.9 Å². The van der Waals surface area contributed by atoms with Crippen LogP contribution in [0, 0.1) is 5.41 Å². The van der Waals surface area contributed by atoms with Crippen molar-refractivity contribution in [3.8, 4) is 5.75 Å². The molecule has 0 saturated heterocycles. The highest BCUT2D eigenvalue weighted by Gasteiger charge is 2.44. The normalized spacial score (nSPS) is 17.3. The average Bonchev–Trinajstić information content (AvgIpc) is 3.68. The summed E-state index contributed by atoms with van der Waals surface area (Å²) in [6, 6.07) is 19.8. The van der Waals surface area contributed by atoms with E-state index in [2.05, 4.69) is 36.9 Å². The van der Waals surface area contributed by atoms with E-state index in [0.29, 0.717) is 32.1 Å². The van der Waals surface area contributed by atoms with Gasteiger partial charge in [0.25, 0.3) is 0 Å². The SMILES string of the molecule is CCCCC(=O)N[C@]1(C(=O)N[C@H](Cc2ccccc2)C(=O)N[C@@H](CCCNC(=N)N)C(=O)N[C@@H](Cc2c[nH]c3ccccc23)C(=O)NCC(N)=O)CC[C@H](c2ccc(O)cc2)CC1. The number of phenolic OH excluding ortho intramolecular Hbond substituents is 1. The number of carbonyl (C=O) groups excluding carboxylic acids is 6. The maximum Gasteiger partial charge on any atom is 0.246 e. The average molecular weight is 865 g/mol. The molecular formula is C46H60N10O7. The minimum atomic E-state index is -1.32. The van der Waals surface area contributed by atoms with Crippen molar-refractivity contribution in [2.45, 2.75) is 107 Å². The van der Waals surface area contributed by atoms with Gasteiger partial charge < -0.3 is 53.5 Å². The van der Waals surface area contributed by atoms with Gasteiger partial charge in [0.1, 0.15) is 29.4 Å². The number of guanidine groups is 1. The number of fused-ring (bicyclic) bond motifs is 1. The number of benzene rings is 3. The Morgan fingerprint density at radius 1 is 0.794 bits per heavy atom. The molecule has 1 aromatic heterocycles. The minimum absolute atomic E-state index is 0.0270. The number of primary amides is 1. The molecule has 1 saturated carbocycles. The molecule has 4 aromatic rings. The van der Waals surface area contributed by atoms with Crippen molar-refractivity contribution in [2.24, 2.45) is 11.5 Å². The lowest BCUT2D eigenvalue weighted by Gasteiger charge is -2.40. The van der Waals surface area contributed by atoms with E-state index in [1.807, 2.05) is 73.7 Å². The highest BCUT2D eigenvalue weighted by atomic mass is 16.3. The zero-order valence-electron chi connectivity index (χ0n) is 35.6. The first-order valence-corrected chi connectivity index (χ1v) is 21.5. The molecule has 6 amide bonds. The van der Waals surface area contributed by atoms with Crippen molar-refractivity contribution in [1.29, 1.82) is 5.41 Å². The number of para-hydroxylation sites is 1. The second kappa shape index (κ2) is 22.8. The molecule has 0 radical (unpaired) electrons. The molecular weight excluding hydrogens is 805 g/mol. The zero-order chi connectivity index (χ0) is 45.4. The standard InChI is InChI=1S/C46H60N10O7/c1-2-3-15-40(59)56-46(22-20-31(21-23-46)30-16-18-33(57)19-17-30)44(63)55-37(25-29-10-5-4-6-11-29)43(62)53-36(14-9-24-50-45(48)49)42(61)54-38(41(60)52-28-39(47)58)26-32-27-51-35-13-8-7-12-34(32)35/h4-8,10-13,16-19,27,31,36-38,51,57H,2-3,9,14-15,20-26,28H2,1H3,(H2,47,58)(H,52,60)(H,53,62)(H,54,61)(H,55,63)(H,56,59)(H4,48,49,50)/t31-,36-,37+,38-,46+/m0/s1. The molecule has 13 N–H and O–H groups in total. The maximum absolute atomic E-state index is 14.7. The van der Waals surface area contributed by atoms with Crippen molar-refractivity contribution in [1.82, 2.24) is 36.9 Å². The van der Waals surface area contributed by atoms with Crippen LogP contribution in [0.25, 0.3) is 10.9 Å². The monoisotopic (exact) mass is 864 g/mol. The molecule has 1 fully saturated rings. The first-order valence-electron chi connectivity index (χ1n) is 21.5. The smallest absolute Gasteiger partial charge is 0.246 e. The Morgan fingerprint density at radius 3 is 2.13 bits per heavy atom. The number of nitrogens with one attached hydrogen (secondary N) is 8. The van der Waals surface area contributed by atoms with Crippen LogP contribution in [0.4, 0.5) is 0 Å². The van der Waals surface area contributed by atoms with Gasteiger partial charge in [-0.05, 0) is 85.8 Å². The van der Waals surface area contributed by atoms with E-state index >= 15 is 0 Å². The number of rotatable bonds is 22. The Morgan fingerprint density at radius 2 is 1.44 bits per heavy atom. The molecule has 1 heterocycles. The lowest BCUT2D eigenvalue weighted by atomic mass is 9.73. The van der Waals surface area contributed by atoms with Crippen LogP contribution >= 0.6 is 0 Å². The Hall–Kier alpha value is -6.91. The third kappa shape index (κ3) is 13.8. The topological polar surface area (TPSA) is 287 Å². The Kier molecular flexibility index (Phi) is 17.1. The summed E-state index contributed by atoms with van der Waals surface area (Å²) in [4.78, 5) is 85.1. The van der Waals surface area contributed by atoms with E-state index in [9.17, 15) is 33.9 Å². The fourth-order valence-corrected chi connectivity index (χ4v) is 7.99. The third-order valence-corrected chi connectivity index (χ3v) is 11.5. The molecule has 63 heavy (non-hydrogen) atoms. The third-order valence-electron chi connectivity index (χ3n) is 11.5. The van der Waals surface area contributed by atoms with E-state index in [4.69, 9.17) is 16.9 Å². The van der Waals surface area contributed by atoms with Crippen LogP contribution in [0.5, 0.6) is 5.75 Å². The van der Waals surface area contributed by atoms with Crippen molar-refractivity contribution in [3.63, 3.8) is 0 Å². The van der Waals surface area contributed by atoms with Gasteiger partial charge in [-0.3, -0.25) is 34.2 Å². The summed E-state index contributed by atoms with van der Waals surface area (Å²) in [7, 11) is 0. The van der Waals surface area contributed by atoms with Gasteiger partial charge in [0.05, 0.1) is 6.54 Å². The van der Waals surface area contributed by atoms with Crippen LogP contribution in [0.1, 0.15) is 87.3 Å². The molecule has 3 aromatic carbocycles. The van der Waals surface area contributed by atoms with Gasteiger partial charge in [-0.15, -0.1) is 0 Å². The second-order valence-corrected chi connectivity index (χ2v) is 16.2. The number of nitrogens with two attached hydrogens (primary N) is 2. The number of amides is 6. The predicted molar refractivity (Wildman–Crippen MR) is 239 cm³/mol. The van der Waals surface area contributed by atoms with Gasteiger partial charge in [0.15, 0.2) is 5.96 Å². The van der Waals surface area contributed by atoms with Crippen LogP contribution < -0.4 is 43.4 Å². The summed E-state index contributed by atoms with van der Waals surface area (Å²) in [5.41, 5.74) is 12.8. The van der Waals surface area contributed by atoms with Crippen LogP contribution in [0.2, 0.25) is 0 Å². The summed E-state index contributed by atoms with van der Waals surface area (Å²) in [5, 5.41) is 35.0.